The fourth-order valence-corrected chi connectivity index (χ4v) is 5.61. The fourth-order valence-electron chi connectivity index (χ4n) is 5.45. The van der Waals surface area contributed by atoms with Crippen molar-refractivity contribution in [1.82, 2.24) is 35.8 Å². The summed E-state index contributed by atoms with van der Waals surface area (Å²) in [6, 6.07) is 15.5. The molecular formula is C29H31ClFN7O3. The lowest BCUT2D eigenvalue weighted by molar-refractivity contribution is 0.0697. The molecule has 0 amide bonds. The SMILES string of the molecule is O=C(O)c1ccc2nc(CN3CCC(c4cccc(OCc5ccc(Cl)cc5F)n4)CC3)n(CC3CNNN3)c2c1. The topological polar surface area (TPSA) is 117 Å². The van der Waals surface area contributed by atoms with Gasteiger partial charge in [0.25, 0.3) is 0 Å². The first-order valence-corrected chi connectivity index (χ1v) is 14.0. The Morgan fingerprint density at radius 3 is 2.73 bits per heavy atom. The number of fused-ring (bicyclic) bond motifs is 1. The molecule has 0 aliphatic carbocycles. The van der Waals surface area contributed by atoms with Crippen LogP contribution in [0, 0.1) is 5.82 Å². The Kier molecular flexibility index (Phi) is 8.13. The van der Waals surface area contributed by atoms with Crippen molar-refractivity contribution in [2.24, 2.45) is 0 Å². The Labute approximate surface area is 241 Å². The molecule has 4 heterocycles. The maximum atomic E-state index is 14.1. The number of nitrogens with one attached hydrogen (secondary N) is 3. The van der Waals surface area contributed by atoms with E-state index in [0.717, 1.165) is 55.0 Å². The lowest BCUT2D eigenvalue weighted by Gasteiger charge is -2.31. The smallest absolute Gasteiger partial charge is 0.335 e. The van der Waals surface area contributed by atoms with Gasteiger partial charge in [0.2, 0.25) is 5.88 Å². The molecule has 214 valence electrons. The monoisotopic (exact) mass is 579 g/mol. The maximum absolute atomic E-state index is 14.1. The zero-order valence-electron chi connectivity index (χ0n) is 22.3. The molecule has 2 aromatic carbocycles. The Hall–Kier alpha value is -3.61. The highest BCUT2D eigenvalue weighted by atomic mass is 35.5. The number of ether oxygens (including phenoxy) is 1. The van der Waals surface area contributed by atoms with Gasteiger partial charge < -0.3 is 14.4 Å². The van der Waals surface area contributed by atoms with Crippen molar-refractivity contribution in [2.75, 3.05) is 19.6 Å². The van der Waals surface area contributed by atoms with Crippen LogP contribution in [-0.2, 0) is 19.7 Å². The first-order valence-electron chi connectivity index (χ1n) is 13.6. The van der Waals surface area contributed by atoms with E-state index in [9.17, 15) is 14.3 Å². The van der Waals surface area contributed by atoms with Crippen LogP contribution in [0.1, 0.15) is 46.2 Å². The molecule has 0 spiro atoms. The number of aromatic carboxylic acids is 1. The summed E-state index contributed by atoms with van der Waals surface area (Å²) in [5.74, 6) is 0.324. The van der Waals surface area contributed by atoms with Crippen LogP contribution in [-0.4, -0.2) is 56.2 Å². The minimum atomic E-state index is -0.953. The van der Waals surface area contributed by atoms with Crippen LogP contribution < -0.4 is 21.1 Å². The zero-order chi connectivity index (χ0) is 28.3. The minimum absolute atomic E-state index is 0.0787. The number of hydrogen-bond acceptors (Lipinski definition) is 8. The highest BCUT2D eigenvalue weighted by Crippen LogP contribution is 2.29. The van der Waals surface area contributed by atoms with Gasteiger partial charge in [-0.1, -0.05) is 23.7 Å². The lowest BCUT2D eigenvalue weighted by atomic mass is 9.93. The van der Waals surface area contributed by atoms with Crippen molar-refractivity contribution in [2.45, 2.75) is 44.5 Å². The molecule has 4 N–H and O–H groups in total. The second-order valence-electron chi connectivity index (χ2n) is 10.5. The molecule has 10 nitrogen and oxygen atoms in total. The van der Waals surface area contributed by atoms with Crippen molar-refractivity contribution in [3.05, 3.63) is 88.1 Å². The highest BCUT2D eigenvalue weighted by molar-refractivity contribution is 6.30. The number of aromatic nitrogens is 3. The summed E-state index contributed by atoms with van der Waals surface area (Å²) in [7, 11) is 0. The largest absolute Gasteiger partial charge is 0.478 e. The van der Waals surface area contributed by atoms with Gasteiger partial charge in [-0.3, -0.25) is 4.90 Å². The van der Waals surface area contributed by atoms with Gasteiger partial charge in [-0.15, -0.1) is 0 Å². The van der Waals surface area contributed by atoms with Crippen molar-refractivity contribution < 1.29 is 19.0 Å². The number of nitrogens with zero attached hydrogens (tertiary/aromatic N) is 4. The third kappa shape index (κ3) is 6.34. The number of hydrazine groups is 2. The van der Waals surface area contributed by atoms with Gasteiger partial charge in [0, 0.05) is 41.4 Å². The average molecular weight is 580 g/mol. The number of likely N-dealkylation sites (tertiary alicyclic amines) is 1. The summed E-state index contributed by atoms with van der Waals surface area (Å²) >= 11 is 5.84. The van der Waals surface area contributed by atoms with E-state index in [1.165, 1.54) is 6.07 Å². The number of carboxylic acid groups (broad SMARTS) is 1. The molecule has 4 aromatic rings. The minimum Gasteiger partial charge on any atom is -0.478 e. The molecule has 2 aliphatic heterocycles. The van der Waals surface area contributed by atoms with E-state index in [1.807, 2.05) is 12.1 Å². The second-order valence-corrected chi connectivity index (χ2v) is 10.9. The molecule has 2 saturated heterocycles. The average Bonchev–Trinajstić information content (AvgIpc) is 3.61. The Balaban J connectivity index is 1.11. The maximum Gasteiger partial charge on any atom is 0.335 e. The molecule has 0 saturated carbocycles. The third-order valence-corrected chi connectivity index (χ3v) is 7.93. The first kappa shape index (κ1) is 27.6. The van der Waals surface area contributed by atoms with Crippen LogP contribution in [0.25, 0.3) is 11.0 Å². The van der Waals surface area contributed by atoms with Crippen LogP contribution in [0.4, 0.5) is 4.39 Å². The molecule has 1 unspecified atom stereocenters. The first-order chi connectivity index (χ1) is 19.9. The summed E-state index contributed by atoms with van der Waals surface area (Å²) in [5, 5.41) is 9.87. The van der Waals surface area contributed by atoms with Gasteiger partial charge in [-0.2, -0.15) is 5.53 Å². The Bertz CT molecular complexity index is 1550. The number of benzene rings is 2. The number of piperidine rings is 1. The number of carboxylic acids is 1. The summed E-state index contributed by atoms with van der Waals surface area (Å²) in [4.78, 5) is 23.6. The third-order valence-electron chi connectivity index (χ3n) is 7.70. The van der Waals surface area contributed by atoms with E-state index in [2.05, 4.69) is 25.9 Å². The standard InChI is InChI=1S/C29H31ClFN7O3/c30-21-6-4-20(23(31)13-21)17-41-28-3-1-2-24(34-28)18-8-10-37(11-9-18)16-27-33-25-7-5-19(29(39)40)12-26(25)38(27)15-22-14-32-36-35-22/h1-7,12-13,18,22,32,35-36H,8-11,14-17H2,(H,39,40). The summed E-state index contributed by atoms with van der Waals surface area (Å²) in [6.45, 7) is 3.90. The molecule has 1 atom stereocenters. The summed E-state index contributed by atoms with van der Waals surface area (Å²) in [6.07, 6.45) is 1.87. The van der Waals surface area contributed by atoms with Gasteiger partial charge in [0.1, 0.15) is 18.2 Å². The molecule has 2 aromatic heterocycles. The lowest BCUT2D eigenvalue weighted by Crippen LogP contribution is -2.37. The molecule has 0 bridgehead atoms. The number of imidazole rings is 1. The zero-order valence-corrected chi connectivity index (χ0v) is 23.1. The van der Waals surface area contributed by atoms with Crippen LogP contribution in [0.3, 0.4) is 0 Å². The highest BCUT2D eigenvalue weighted by Gasteiger charge is 2.25. The fraction of sp³-hybridized carbons (Fsp3) is 0.345. The molecular weight excluding hydrogens is 549 g/mol. The van der Waals surface area contributed by atoms with Gasteiger partial charge in [0.15, 0.2) is 0 Å². The summed E-state index contributed by atoms with van der Waals surface area (Å²) in [5.41, 5.74) is 12.5. The predicted molar refractivity (Wildman–Crippen MR) is 152 cm³/mol. The summed E-state index contributed by atoms with van der Waals surface area (Å²) < 4.78 is 22.1. The Morgan fingerprint density at radius 1 is 1.12 bits per heavy atom. The molecule has 2 aliphatic rings. The van der Waals surface area contributed by atoms with E-state index in [4.69, 9.17) is 26.3 Å². The van der Waals surface area contributed by atoms with Crippen LogP contribution in [0.15, 0.2) is 54.6 Å². The van der Waals surface area contributed by atoms with Gasteiger partial charge >= 0.3 is 5.97 Å². The number of halogens is 2. The van der Waals surface area contributed by atoms with E-state index in [-0.39, 0.29) is 18.2 Å². The molecule has 12 heteroatoms. The number of pyridine rings is 1. The van der Waals surface area contributed by atoms with Crippen molar-refractivity contribution in [3.8, 4) is 5.88 Å². The van der Waals surface area contributed by atoms with Crippen LogP contribution >= 0.6 is 11.6 Å². The Morgan fingerprint density at radius 2 is 1.98 bits per heavy atom. The van der Waals surface area contributed by atoms with Crippen molar-refractivity contribution >= 4 is 28.6 Å². The van der Waals surface area contributed by atoms with E-state index in [0.29, 0.717) is 35.5 Å². The molecule has 0 radical (unpaired) electrons. The van der Waals surface area contributed by atoms with Crippen molar-refractivity contribution in [1.29, 1.82) is 0 Å². The number of carbonyl (C=O) groups is 1. The van der Waals surface area contributed by atoms with E-state index in [1.54, 1.807) is 36.4 Å². The predicted octanol–water partition coefficient (Wildman–Crippen LogP) is 3.86. The van der Waals surface area contributed by atoms with Gasteiger partial charge in [-0.05, 0) is 62.3 Å². The van der Waals surface area contributed by atoms with Crippen LogP contribution in [0.2, 0.25) is 5.02 Å². The molecule has 2 fully saturated rings. The number of hydrogen-bond donors (Lipinski definition) is 4. The van der Waals surface area contributed by atoms with Crippen LogP contribution in [0.5, 0.6) is 5.88 Å². The normalized spacial score (nSPS) is 18.2. The van der Waals surface area contributed by atoms with Gasteiger partial charge in [0.05, 0.1) is 29.2 Å². The van der Waals surface area contributed by atoms with Crippen molar-refractivity contribution in [3.63, 3.8) is 0 Å². The molecule has 6 rings (SSSR count). The van der Waals surface area contributed by atoms with E-state index >= 15 is 0 Å². The molecule has 41 heavy (non-hydrogen) atoms. The van der Waals surface area contributed by atoms with E-state index < -0.39 is 11.8 Å². The number of rotatable bonds is 9. The second kappa shape index (κ2) is 12.1. The quantitative estimate of drug-likeness (QED) is 0.234. The van der Waals surface area contributed by atoms with Gasteiger partial charge in [-0.25, -0.2) is 30.0 Å².